The van der Waals surface area contributed by atoms with E-state index < -0.39 is 0 Å². The van der Waals surface area contributed by atoms with Gasteiger partial charge in [0.1, 0.15) is 0 Å². The summed E-state index contributed by atoms with van der Waals surface area (Å²) in [4.78, 5) is 26.1. The summed E-state index contributed by atoms with van der Waals surface area (Å²) in [5, 5.41) is 2.70. The van der Waals surface area contributed by atoms with E-state index in [2.05, 4.69) is 5.32 Å². The van der Waals surface area contributed by atoms with Crippen molar-refractivity contribution < 1.29 is 9.59 Å². The molecule has 19 heavy (non-hydrogen) atoms. The Morgan fingerprint density at radius 2 is 1.89 bits per heavy atom. The third-order valence-corrected chi connectivity index (χ3v) is 3.55. The van der Waals surface area contributed by atoms with Gasteiger partial charge >= 0.3 is 0 Å². The molecule has 5 heteroatoms. The fourth-order valence-corrected chi connectivity index (χ4v) is 2.38. The third kappa shape index (κ3) is 5.79. The number of rotatable bonds is 7. The van der Waals surface area contributed by atoms with Crippen molar-refractivity contribution in [3.63, 3.8) is 0 Å². The molecule has 0 radical (unpaired) electrons. The molecule has 104 valence electrons. The Labute approximate surface area is 118 Å². The van der Waals surface area contributed by atoms with E-state index in [4.69, 9.17) is 0 Å². The van der Waals surface area contributed by atoms with E-state index in [1.165, 1.54) is 11.8 Å². The van der Waals surface area contributed by atoms with Crippen LogP contribution >= 0.6 is 11.8 Å². The zero-order chi connectivity index (χ0) is 14.1. The van der Waals surface area contributed by atoms with Gasteiger partial charge in [0.25, 0.3) is 0 Å². The van der Waals surface area contributed by atoms with Gasteiger partial charge in [-0.1, -0.05) is 18.2 Å². The Bertz CT molecular complexity index is 409. The van der Waals surface area contributed by atoms with E-state index in [0.717, 1.165) is 4.90 Å². The maximum absolute atomic E-state index is 12.0. The topological polar surface area (TPSA) is 49.4 Å². The van der Waals surface area contributed by atoms with Crippen LogP contribution in [0.1, 0.15) is 13.8 Å². The van der Waals surface area contributed by atoms with E-state index in [-0.39, 0.29) is 18.4 Å². The summed E-state index contributed by atoms with van der Waals surface area (Å²) in [6, 6.07) is 9.77. The van der Waals surface area contributed by atoms with Gasteiger partial charge in [-0.05, 0) is 26.0 Å². The maximum atomic E-state index is 12.0. The zero-order valence-corrected chi connectivity index (χ0v) is 12.2. The minimum atomic E-state index is -0.109. The second-order valence-electron chi connectivity index (χ2n) is 3.96. The van der Waals surface area contributed by atoms with E-state index >= 15 is 0 Å². The molecular formula is C14H20N2O2S. The molecule has 0 heterocycles. The predicted octanol–water partition coefficient (Wildman–Crippen LogP) is 1.76. The molecule has 0 aliphatic carbocycles. The van der Waals surface area contributed by atoms with Crippen molar-refractivity contribution in [2.24, 2.45) is 0 Å². The number of carbonyl (C=O) groups is 2. The number of amides is 2. The normalized spacial score (nSPS) is 10.0. The quantitative estimate of drug-likeness (QED) is 0.774. The highest BCUT2D eigenvalue weighted by Gasteiger charge is 2.15. The Hall–Kier alpha value is -1.49. The van der Waals surface area contributed by atoms with Gasteiger partial charge in [-0.25, -0.2) is 0 Å². The molecular weight excluding hydrogens is 260 g/mol. The van der Waals surface area contributed by atoms with Crippen molar-refractivity contribution in [1.82, 2.24) is 10.2 Å². The van der Waals surface area contributed by atoms with Crippen LogP contribution in [0.5, 0.6) is 0 Å². The molecule has 1 rings (SSSR count). The summed E-state index contributed by atoms with van der Waals surface area (Å²) in [6.45, 7) is 5.01. The van der Waals surface area contributed by atoms with Crippen LogP contribution in [0, 0.1) is 0 Å². The van der Waals surface area contributed by atoms with Crippen molar-refractivity contribution >= 4 is 23.6 Å². The second kappa shape index (κ2) is 8.58. The van der Waals surface area contributed by atoms with Crippen LogP contribution in [0.3, 0.4) is 0 Å². The second-order valence-corrected chi connectivity index (χ2v) is 5.01. The van der Waals surface area contributed by atoms with E-state index in [1.54, 1.807) is 4.90 Å². The zero-order valence-electron chi connectivity index (χ0n) is 11.4. The molecule has 0 saturated heterocycles. The van der Waals surface area contributed by atoms with Gasteiger partial charge in [-0.15, -0.1) is 11.8 Å². The Kier molecular flexibility index (Phi) is 7.03. The van der Waals surface area contributed by atoms with E-state index in [9.17, 15) is 9.59 Å². The van der Waals surface area contributed by atoms with Crippen LogP contribution in [0.25, 0.3) is 0 Å². The molecule has 4 nitrogen and oxygen atoms in total. The molecule has 0 spiro atoms. The molecule has 0 aliphatic heterocycles. The highest BCUT2D eigenvalue weighted by atomic mass is 32.2. The molecule has 0 fully saturated rings. The number of thioether (sulfide) groups is 1. The van der Waals surface area contributed by atoms with Crippen molar-refractivity contribution in [2.45, 2.75) is 18.7 Å². The summed E-state index contributed by atoms with van der Waals surface area (Å²) in [6.07, 6.45) is 0. The van der Waals surface area contributed by atoms with Gasteiger partial charge in [0.05, 0.1) is 12.3 Å². The summed E-state index contributed by atoms with van der Waals surface area (Å²) < 4.78 is 0. The van der Waals surface area contributed by atoms with Gasteiger partial charge in [0.2, 0.25) is 11.8 Å². The molecule has 1 N–H and O–H groups in total. The summed E-state index contributed by atoms with van der Waals surface area (Å²) in [5.41, 5.74) is 0. The van der Waals surface area contributed by atoms with Crippen LogP contribution in [-0.4, -0.2) is 42.1 Å². The number of nitrogens with one attached hydrogen (secondary N) is 1. The number of nitrogens with zero attached hydrogens (tertiary/aromatic N) is 1. The first-order valence-electron chi connectivity index (χ1n) is 6.39. The highest BCUT2D eigenvalue weighted by Crippen LogP contribution is 2.17. The lowest BCUT2D eigenvalue weighted by molar-refractivity contribution is -0.133. The first-order chi connectivity index (χ1) is 9.17. The molecule has 0 atom stereocenters. The fourth-order valence-electron chi connectivity index (χ4n) is 1.56. The molecule has 0 aliphatic rings. The SMILES string of the molecule is CCNC(=O)CN(CC)C(=O)CSc1ccccc1. The first-order valence-corrected chi connectivity index (χ1v) is 7.38. The minimum absolute atomic E-state index is 0.0115. The number of hydrogen-bond acceptors (Lipinski definition) is 3. The smallest absolute Gasteiger partial charge is 0.239 e. The van der Waals surface area contributed by atoms with E-state index in [1.807, 2.05) is 44.2 Å². The minimum Gasteiger partial charge on any atom is -0.355 e. The van der Waals surface area contributed by atoms with Crippen molar-refractivity contribution in [3.8, 4) is 0 Å². The van der Waals surface area contributed by atoms with Crippen LogP contribution in [0.2, 0.25) is 0 Å². The lowest BCUT2D eigenvalue weighted by Crippen LogP contribution is -2.41. The summed E-state index contributed by atoms with van der Waals surface area (Å²) in [5.74, 6) is 0.238. The molecule has 0 bridgehead atoms. The van der Waals surface area contributed by atoms with Crippen LogP contribution in [0.15, 0.2) is 35.2 Å². The predicted molar refractivity (Wildman–Crippen MR) is 78.1 cm³/mol. The van der Waals surface area contributed by atoms with Gasteiger partial charge < -0.3 is 10.2 Å². The average molecular weight is 280 g/mol. The number of hydrogen-bond donors (Lipinski definition) is 1. The van der Waals surface area contributed by atoms with E-state index in [0.29, 0.717) is 18.8 Å². The Morgan fingerprint density at radius 3 is 2.47 bits per heavy atom. The molecule has 0 aromatic heterocycles. The fraction of sp³-hybridized carbons (Fsp3) is 0.429. The Balaban J connectivity index is 2.43. The Morgan fingerprint density at radius 1 is 1.21 bits per heavy atom. The first kappa shape index (κ1) is 15.6. The lowest BCUT2D eigenvalue weighted by Gasteiger charge is -2.20. The van der Waals surface area contributed by atoms with Crippen molar-refractivity contribution in [3.05, 3.63) is 30.3 Å². The number of likely N-dealkylation sites (N-methyl/N-ethyl adjacent to an activating group) is 2. The summed E-state index contributed by atoms with van der Waals surface area (Å²) >= 11 is 1.49. The van der Waals surface area contributed by atoms with Gasteiger partial charge in [-0.2, -0.15) is 0 Å². The standard InChI is InChI=1S/C14H20N2O2S/c1-3-15-13(17)10-16(4-2)14(18)11-19-12-8-6-5-7-9-12/h5-9H,3-4,10-11H2,1-2H3,(H,15,17). The lowest BCUT2D eigenvalue weighted by atomic mass is 10.4. The summed E-state index contributed by atoms with van der Waals surface area (Å²) in [7, 11) is 0. The average Bonchev–Trinajstić information content (AvgIpc) is 2.43. The van der Waals surface area contributed by atoms with Crippen LogP contribution in [0.4, 0.5) is 0 Å². The molecule has 1 aromatic rings. The number of benzene rings is 1. The molecule has 1 aromatic carbocycles. The number of carbonyl (C=O) groups excluding carboxylic acids is 2. The van der Waals surface area contributed by atoms with Crippen molar-refractivity contribution in [1.29, 1.82) is 0 Å². The largest absolute Gasteiger partial charge is 0.355 e. The highest BCUT2D eigenvalue weighted by molar-refractivity contribution is 8.00. The third-order valence-electron chi connectivity index (χ3n) is 2.55. The van der Waals surface area contributed by atoms with Crippen molar-refractivity contribution in [2.75, 3.05) is 25.4 Å². The van der Waals surface area contributed by atoms with Gasteiger partial charge in [0, 0.05) is 18.0 Å². The van der Waals surface area contributed by atoms with Crippen LogP contribution in [-0.2, 0) is 9.59 Å². The van der Waals surface area contributed by atoms with Crippen LogP contribution < -0.4 is 5.32 Å². The maximum Gasteiger partial charge on any atom is 0.239 e. The van der Waals surface area contributed by atoms with Gasteiger partial charge in [-0.3, -0.25) is 9.59 Å². The van der Waals surface area contributed by atoms with Gasteiger partial charge in [0.15, 0.2) is 0 Å². The molecule has 2 amide bonds. The molecule has 0 saturated carbocycles. The molecule has 0 unspecified atom stereocenters. The monoisotopic (exact) mass is 280 g/mol.